The summed E-state index contributed by atoms with van der Waals surface area (Å²) in [5.41, 5.74) is 1.45. The van der Waals surface area contributed by atoms with E-state index in [1.807, 2.05) is 0 Å². The van der Waals surface area contributed by atoms with Crippen molar-refractivity contribution in [3.05, 3.63) is 48.0 Å². The van der Waals surface area contributed by atoms with Crippen LogP contribution in [0.5, 0.6) is 17.2 Å². The second-order valence-corrected chi connectivity index (χ2v) is 5.02. The minimum absolute atomic E-state index is 0.0478. The highest BCUT2D eigenvalue weighted by molar-refractivity contribution is 5.89. The molecule has 122 valence electrons. The van der Waals surface area contributed by atoms with E-state index in [1.54, 1.807) is 56.6 Å². The Kier molecular flexibility index (Phi) is 5.30. The van der Waals surface area contributed by atoms with E-state index in [1.165, 1.54) is 12.0 Å². The van der Waals surface area contributed by atoms with Gasteiger partial charge in [0, 0.05) is 25.3 Å². The number of ether oxygens (including phenoxy) is 2. The van der Waals surface area contributed by atoms with Crippen molar-refractivity contribution in [2.75, 3.05) is 26.6 Å². The lowest BCUT2D eigenvalue weighted by molar-refractivity contribution is 0.220. The van der Waals surface area contributed by atoms with E-state index in [2.05, 4.69) is 5.32 Å². The lowest BCUT2D eigenvalue weighted by atomic mass is 10.2. The zero-order valence-corrected chi connectivity index (χ0v) is 13.4. The number of anilines is 1. The van der Waals surface area contributed by atoms with Crippen LogP contribution in [0.4, 0.5) is 10.5 Å². The Hall–Kier alpha value is -2.89. The van der Waals surface area contributed by atoms with Gasteiger partial charge < -0.3 is 24.8 Å². The van der Waals surface area contributed by atoms with Gasteiger partial charge in [0.25, 0.3) is 0 Å². The van der Waals surface area contributed by atoms with Gasteiger partial charge >= 0.3 is 6.03 Å². The normalized spacial score (nSPS) is 10.0. The molecule has 0 radical (unpaired) electrons. The molecule has 0 heterocycles. The van der Waals surface area contributed by atoms with Crippen molar-refractivity contribution >= 4 is 11.7 Å². The van der Waals surface area contributed by atoms with E-state index < -0.39 is 0 Å². The minimum Gasteiger partial charge on any atom is -0.504 e. The fraction of sp³-hybridized carbons (Fsp3) is 0.235. The molecule has 2 rings (SSSR count). The molecule has 2 aromatic carbocycles. The summed E-state index contributed by atoms with van der Waals surface area (Å²) in [5.74, 6) is 1.12. The largest absolute Gasteiger partial charge is 0.504 e. The van der Waals surface area contributed by atoms with Crippen LogP contribution in [0.3, 0.4) is 0 Å². The van der Waals surface area contributed by atoms with E-state index in [0.717, 1.165) is 5.56 Å². The Morgan fingerprint density at radius 2 is 1.96 bits per heavy atom. The first kappa shape index (κ1) is 16.5. The summed E-state index contributed by atoms with van der Waals surface area (Å²) in [5, 5.41) is 12.6. The van der Waals surface area contributed by atoms with Crippen LogP contribution in [0.15, 0.2) is 42.5 Å². The van der Waals surface area contributed by atoms with Gasteiger partial charge in [0.15, 0.2) is 11.5 Å². The van der Waals surface area contributed by atoms with Gasteiger partial charge in [-0.15, -0.1) is 0 Å². The number of hydrogen-bond acceptors (Lipinski definition) is 4. The number of nitrogens with zero attached hydrogens (tertiary/aromatic N) is 1. The van der Waals surface area contributed by atoms with Crippen LogP contribution in [-0.2, 0) is 6.54 Å². The summed E-state index contributed by atoms with van der Waals surface area (Å²) in [6, 6.07) is 11.9. The summed E-state index contributed by atoms with van der Waals surface area (Å²) in [6.45, 7) is 0.355. The van der Waals surface area contributed by atoms with Crippen molar-refractivity contribution in [3.63, 3.8) is 0 Å². The van der Waals surface area contributed by atoms with Gasteiger partial charge in [-0.2, -0.15) is 0 Å². The number of aromatic hydroxyl groups is 1. The van der Waals surface area contributed by atoms with Crippen LogP contribution in [0.1, 0.15) is 5.56 Å². The summed E-state index contributed by atoms with van der Waals surface area (Å²) in [6.07, 6.45) is 0. The second-order valence-electron chi connectivity index (χ2n) is 5.02. The standard InChI is InChI=1S/C17H20N2O4/c1-19(11-12-7-8-16(23-3)15(20)9-12)17(21)18-13-5-4-6-14(10-13)22-2/h4-10,20H,11H2,1-3H3,(H,18,21). The maximum absolute atomic E-state index is 12.2. The number of nitrogens with one attached hydrogen (secondary N) is 1. The number of methoxy groups -OCH3 is 2. The molecule has 0 bridgehead atoms. The Bertz CT molecular complexity index is 688. The van der Waals surface area contributed by atoms with Gasteiger partial charge in [-0.25, -0.2) is 4.79 Å². The average molecular weight is 316 g/mol. The lowest BCUT2D eigenvalue weighted by Crippen LogP contribution is -2.30. The Morgan fingerprint density at radius 3 is 2.61 bits per heavy atom. The minimum atomic E-state index is -0.256. The zero-order valence-electron chi connectivity index (χ0n) is 13.4. The van der Waals surface area contributed by atoms with Crippen LogP contribution in [0.2, 0.25) is 0 Å². The zero-order chi connectivity index (χ0) is 16.8. The number of carbonyl (C=O) groups excluding carboxylic acids is 1. The molecule has 2 amide bonds. The van der Waals surface area contributed by atoms with Crippen molar-refractivity contribution < 1.29 is 19.4 Å². The fourth-order valence-corrected chi connectivity index (χ4v) is 2.10. The summed E-state index contributed by atoms with van der Waals surface area (Å²) >= 11 is 0. The molecule has 0 fully saturated rings. The highest BCUT2D eigenvalue weighted by Gasteiger charge is 2.11. The summed E-state index contributed by atoms with van der Waals surface area (Å²) < 4.78 is 10.1. The van der Waals surface area contributed by atoms with Gasteiger partial charge in [0.05, 0.1) is 14.2 Å². The Labute approximate surface area is 135 Å². The van der Waals surface area contributed by atoms with Crippen LogP contribution in [0, 0.1) is 0 Å². The predicted octanol–water partition coefficient (Wildman–Crippen LogP) is 3.07. The number of phenols is 1. The predicted molar refractivity (Wildman–Crippen MR) is 88.1 cm³/mol. The number of benzene rings is 2. The SMILES string of the molecule is COc1cccc(NC(=O)N(C)Cc2ccc(OC)c(O)c2)c1. The van der Waals surface area contributed by atoms with Crippen molar-refractivity contribution in [2.45, 2.75) is 6.54 Å². The highest BCUT2D eigenvalue weighted by atomic mass is 16.5. The van der Waals surface area contributed by atoms with E-state index in [9.17, 15) is 9.90 Å². The molecule has 0 unspecified atom stereocenters. The monoisotopic (exact) mass is 316 g/mol. The number of rotatable bonds is 5. The van der Waals surface area contributed by atoms with Gasteiger partial charge in [-0.3, -0.25) is 0 Å². The summed E-state index contributed by atoms with van der Waals surface area (Å²) in [7, 11) is 4.74. The number of amides is 2. The number of carbonyl (C=O) groups is 1. The number of urea groups is 1. The molecule has 0 aliphatic carbocycles. The molecule has 0 spiro atoms. The van der Waals surface area contributed by atoms with Crippen molar-refractivity contribution in [3.8, 4) is 17.2 Å². The fourth-order valence-electron chi connectivity index (χ4n) is 2.10. The Morgan fingerprint density at radius 1 is 1.17 bits per heavy atom. The first-order valence-corrected chi connectivity index (χ1v) is 7.05. The van der Waals surface area contributed by atoms with Crippen LogP contribution >= 0.6 is 0 Å². The van der Waals surface area contributed by atoms with E-state index in [-0.39, 0.29) is 11.8 Å². The quantitative estimate of drug-likeness (QED) is 0.889. The van der Waals surface area contributed by atoms with Crippen LogP contribution in [0.25, 0.3) is 0 Å². The summed E-state index contributed by atoms with van der Waals surface area (Å²) in [4.78, 5) is 13.7. The molecular formula is C17H20N2O4. The van der Waals surface area contributed by atoms with Gasteiger partial charge in [0.2, 0.25) is 0 Å². The third kappa shape index (κ3) is 4.29. The lowest BCUT2D eigenvalue weighted by Gasteiger charge is -2.18. The topological polar surface area (TPSA) is 71.0 Å². The van der Waals surface area contributed by atoms with Crippen LogP contribution < -0.4 is 14.8 Å². The molecule has 6 heteroatoms. The van der Waals surface area contributed by atoms with E-state index in [4.69, 9.17) is 9.47 Å². The maximum Gasteiger partial charge on any atom is 0.321 e. The molecular weight excluding hydrogens is 296 g/mol. The smallest absolute Gasteiger partial charge is 0.321 e. The van der Waals surface area contributed by atoms with Crippen molar-refractivity contribution in [2.24, 2.45) is 0 Å². The molecule has 0 aliphatic rings. The van der Waals surface area contributed by atoms with Crippen LogP contribution in [-0.4, -0.2) is 37.3 Å². The van der Waals surface area contributed by atoms with E-state index >= 15 is 0 Å². The van der Waals surface area contributed by atoms with Gasteiger partial charge in [-0.05, 0) is 29.8 Å². The Balaban J connectivity index is 2.00. The van der Waals surface area contributed by atoms with E-state index in [0.29, 0.717) is 23.7 Å². The molecule has 2 N–H and O–H groups in total. The third-order valence-electron chi connectivity index (χ3n) is 3.33. The number of phenolic OH excluding ortho intramolecular Hbond substituents is 1. The molecule has 0 saturated carbocycles. The molecule has 23 heavy (non-hydrogen) atoms. The third-order valence-corrected chi connectivity index (χ3v) is 3.33. The van der Waals surface area contributed by atoms with Gasteiger partial charge in [-0.1, -0.05) is 12.1 Å². The van der Waals surface area contributed by atoms with Gasteiger partial charge in [0.1, 0.15) is 5.75 Å². The first-order chi connectivity index (χ1) is 11.0. The molecule has 2 aromatic rings. The maximum atomic E-state index is 12.2. The molecule has 6 nitrogen and oxygen atoms in total. The molecule has 0 atom stereocenters. The molecule has 0 saturated heterocycles. The molecule has 0 aromatic heterocycles. The second kappa shape index (κ2) is 7.40. The highest BCUT2D eigenvalue weighted by Crippen LogP contribution is 2.26. The first-order valence-electron chi connectivity index (χ1n) is 7.05. The average Bonchev–Trinajstić information content (AvgIpc) is 2.55. The van der Waals surface area contributed by atoms with Crippen molar-refractivity contribution in [1.29, 1.82) is 0 Å². The van der Waals surface area contributed by atoms with Crippen molar-refractivity contribution in [1.82, 2.24) is 4.90 Å². The molecule has 0 aliphatic heterocycles. The number of hydrogen-bond donors (Lipinski definition) is 2.